The number of hydrogen-bond donors (Lipinski definition) is 0. The molecule has 1 saturated heterocycles. The predicted octanol–water partition coefficient (Wildman–Crippen LogP) is 3.70. The van der Waals surface area contributed by atoms with Gasteiger partial charge < -0.3 is 4.74 Å². The maximum absolute atomic E-state index is 14.2. The predicted molar refractivity (Wildman–Crippen MR) is 96.1 cm³/mol. The quantitative estimate of drug-likeness (QED) is 0.752. The van der Waals surface area contributed by atoms with Crippen molar-refractivity contribution >= 4 is 0 Å². The second-order valence-corrected chi connectivity index (χ2v) is 7.97. The van der Waals surface area contributed by atoms with Crippen LogP contribution in [0.1, 0.15) is 50.3 Å². The minimum atomic E-state index is -0.619. The summed E-state index contributed by atoms with van der Waals surface area (Å²) in [7, 11) is 0. The number of ether oxygens (including phenoxy) is 1. The van der Waals surface area contributed by atoms with Gasteiger partial charge in [0.2, 0.25) is 0 Å². The average molecular weight is 374 g/mol. The fourth-order valence-electron chi connectivity index (χ4n) is 4.90. The molecule has 5 nitrogen and oxygen atoms in total. The summed E-state index contributed by atoms with van der Waals surface area (Å²) < 4.78 is 35.5. The fourth-order valence-corrected chi connectivity index (χ4v) is 4.90. The van der Waals surface area contributed by atoms with Crippen LogP contribution in [-0.2, 0) is 11.3 Å². The molecule has 5 rings (SSSR count). The lowest BCUT2D eigenvalue weighted by Gasteiger charge is -2.26. The molecule has 1 aromatic carbocycles. The van der Waals surface area contributed by atoms with Gasteiger partial charge in [-0.1, -0.05) is 30.9 Å². The van der Waals surface area contributed by atoms with E-state index in [0.29, 0.717) is 18.3 Å². The highest BCUT2D eigenvalue weighted by Gasteiger charge is 2.42. The molecular weight excluding hydrogens is 350 g/mol. The first-order chi connectivity index (χ1) is 13.2. The molecule has 2 fully saturated rings. The van der Waals surface area contributed by atoms with E-state index in [-0.39, 0.29) is 17.7 Å². The monoisotopic (exact) mass is 374 g/mol. The van der Waals surface area contributed by atoms with Gasteiger partial charge in [0.05, 0.1) is 24.4 Å². The first-order valence-electron chi connectivity index (χ1n) is 9.96. The lowest BCUT2D eigenvalue weighted by molar-refractivity contribution is -0.00585. The van der Waals surface area contributed by atoms with Gasteiger partial charge in [0.15, 0.2) is 0 Å². The highest BCUT2D eigenvalue weighted by Crippen LogP contribution is 2.37. The van der Waals surface area contributed by atoms with Crippen molar-refractivity contribution < 1.29 is 13.5 Å². The Balaban J connectivity index is 1.41. The Hall–Kier alpha value is -1.86. The van der Waals surface area contributed by atoms with Crippen molar-refractivity contribution in [3.05, 3.63) is 35.5 Å². The van der Waals surface area contributed by atoms with E-state index >= 15 is 0 Å². The van der Waals surface area contributed by atoms with Gasteiger partial charge in [-0.3, -0.25) is 4.90 Å². The van der Waals surface area contributed by atoms with Crippen molar-refractivity contribution in [3.63, 3.8) is 0 Å². The normalized spacial score (nSPS) is 26.6. The third-order valence-electron chi connectivity index (χ3n) is 6.33. The lowest BCUT2D eigenvalue weighted by Crippen LogP contribution is -2.34. The Bertz CT molecular complexity index is 831. The second kappa shape index (κ2) is 6.95. The van der Waals surface area contributed by atoms with Gasteiger partial charge in [-0.15, -0.1) is 5.10 Å². The zero-order chi connectivity index (χ0) is 18.4. The van der Waals surface area contributed by atoms with Crippen LogP contribution >= 0.6 is 0 Å². The molecule has 3 aliphatic rings. The molecule has 1 saturated carbocycles. The Labute approximate surface area is 157 Å². The van der Waals surface area contributed by atoms with Gasteiger partial charge in [-0.2, -0.15) is 0 Å². The summed E-state index contributed by atoms with van der Waals surface area (Å²) in [4.78, 5) is 2.55. The van der Waals surface area contributed by atoms with Crippen LogP contribution in [0.15, 0.2) is 18.2 Å². The zero-order valence-corrected chi connectivity index (χ0v) is 15.3. The third-order valence-corrected chi connectivity index (χ3v) is 6.33. The molecule has 0 spiro atoms. The number of hydrogen-bond acceptors (Lipinski definition) is 4. The van der Waals surface area contributed by atoms with Crippen LogP contribution in [0, 0.1) is 11.6 Å². The van der Waals surface area contributed by atoms with Crippen LogP contribution in [-0.4, -0.2) is 45.1 Å². The maximum atomic E-state index is 14.2. The van der Waals surface area contributed by atoms with Crippen molar-refractivity contribution in [1.29, 1.82) is 0 Å². The van der Waals surface area contributed by atoms with Gasteiger partial charge in [-0.25, -0.2) is 13.5 Å². The standard InChI is InChI=1S/C20H24F2N4O/c21-13-7-8-15(16(22)9-13)20-18-12-27-19-11-25(10-17(19)26(18)24-23-20)14-5-3-1-2-4-6-14/h7-9,14,17,19H,1-6,10-12H2/t17-,19-/m0/s1. The summed E-state index contributed by atoms with van der Waals surface area (Å²) in [5.41, 5.74) is 1.52. The number of nitrogens with zero attached hydrogens (tertiary/aromatic N) is 4. The van der Waals surface area contributed by atoms with E-state index in [1.807, 2.05) is 4.68 Å². The van der Waals surface area contributed by atoms with Crippen LogP contribution in [0.5, 0.6) is 0 Å². The van der Waals surface area contributed by atoms with E-state index in [0.717, 1.165) is 24.8 Å². The summed E-state index contributed by atoms with van der Waals surface area (Å²) in [5, 5.41) is 8.56. The maximum Gasteiger partial charge on any atom is 0.135 e. The summed E-state index contributed by atoms with van der Waals surface area (Å²) >= 11 is 0. The van der Waals surface area contributed by atoms with Crippen molar-refractivity contribution in [1.82, 2.24) is 19.9 Å². The average Bonchev–Trinajstić information content (AvgIpc) is 3.17. The largest absolute Gasteiger partial charge is 0.368 e. The van der Waals surface area contributed by atoms with Crippen LogP contribution in [0.2, 0.25) is 0 Å². The summed E-state index contributed by atoms with van der Waals surface area (Å²) in [6.07, 6.45) is 7.92. The molecule has 2 atom stereocenters. The van der Waals surface area contributed by atoms with Gasteiger partial charge in [-0.05, 0) is 25.0 Å². The van der Waals surface area contributed by atoms with E-state index < -0.39 is 11.6 Å². The van der Waals surface area contributed by atoms with E-state index in [2.05, 4.69) is 15.2 Å². The number of rotatable bonds is 2. The van der Waals surface area contributed by atoms with Crippen LogP contribution in [0.25, 0.3) is 11.3 Å². The Morgan fingerprint density at radius 2 is 1.85 bits per heavy atom. The molecule has 3 heterocycles. The first-order valence-corrected chi connectivity index (χ1v) is 9.96. The van der Waals surface area contributed by atoms with Gasteiger partial charge in [0.1, 0.15) is 17.3 Å². The molecule has 2 aromatic rings. The molecule has 0 unspecified atom stereocenters. The number of likely N-dealkylation sites (tertiary alicyclic amines) is 1. The molecule has 7 heteroatoms. The molecule has 2 aliphatic heterocycles. The number of halogens is 2. The van der Waals surface area contributed by atoms with Gasteiger partial charge >= 0.3 is 0 Å². The molecule has 1 aliphatic carbocycles. The van der Waals surface area contributed by atoms with E-state index in [1.165, 1.54) is 50.7 Å². The molecule has 144 valence electrons. The van der Waals surface area contributed by atoms with E-state index in [4.69, 9.17) is 4.74 Å². The fraction of sp³-hybridized carbons (Fsp3) is 0.600. The highest BCUT2D eigenvalue weighted by molar-refractivity contribution is 5.62. The summed E-state index contributed by atoms with van der Waals surface area (Å²) in [5.74, 6) is -1.21. The molecule has 0 N–H and O–H groups in total. The first kappa shape index (κ1) is 17.3. The Morgan fingerprint density at radius 3 is 2.63 bits per heavy atom. The Morgan fingerprint density at radius 1 is 1.04 bits per heavy atom. The summed E-state index contributed by atoms with van der Waals surface area (Å²) in [6.45, 7) is 2.19. The SMILES string of the molecule is Fc1ccc(-c2nnn3c2CO[C@H]2CN(C4CCCCCC4)C[C@@H]23)c(F)c1. The number of aromatic nitrogens is 3. The molecule has 1 aromatic heterocycles. The molecular formula is C20H24F2N4O. The topological polar surface area (TPSA) is 43.2 Å². The minimum absolute atomic E-state index is 0.105. The number of fused-ring (bicyclic) bond motifs is 3. The van der Waals surface area contributed by atoms with Gasteiger partial charge in [0.25, 0.3) is 0 Å². The van der Waals surface area contributed by atoms with Gasteiger partial charge in [0, 0.05) is 30.8 Å². The molecule has 0 amide bonds. The van der Waals surface area contributed by atoms with E-state index in [9.17, 15) is 8.78 Å². The smallest absolute Gasteiger partial charge is 0.135 e. The molecule has 0 bridgehead atoms. The van der Waals surface area contributed by atoms with Crippen LogP contribution in [0.4, 0.5) is 8.78 Å². The van der Waals surface area contributed by atoms with E-state index in [1.54, 1.807) is 0 Å². The zero-order valence-electron chi connectivity index (χ0n) is 15.3. The van der Waals surface area contributed by atoms with Crippen molar-refractivity contribution in [2.75, 3.05) is 13.1 Å². The molecule has 0 radical (unpaired) electrons. The van der Waals surface area contributed by atoms with Crippen LogP contribution < -0.4 is 0 Å². The highest BCUT2D eigenvalue weighted by atomic mass is 19.1. The Kier molecular flexibility index (Phi) is 4.44. The second-order valence-electron chi connectivity index (χ2n) is 7.97. The van der Waals surface area contributed by atoms with Crippen molar-refractivity contribution in [2.45, 2.75) is 63.3 Å². The number of benzene rings is 1. The minimum Gasteiger partial charge on any atom is -0.368 e. The van der Waals surface area contributed by atoms with Crippen molar-refractivity contribution in [2.24, 2.45) is 0 Å². The molecule has 27 heavy (non-hydrogen) atoms. The third kappa shape index (κ3) is 3.06. The van der Waals surface area contributed by atoms with Crippen molar-refractivity contribution in [3.8, 4) is 11.3 Å². The van der Waals surface area contributed by atoms with Crippen LogP contribution in [0.3, 0.4) is 0 Å². The lowest BCUT2D eigenvalue weighted by atomic mass is 10.1. The summed E-state index contributed by atoms with van der Waals surface area (Å²) in [6, 6.07) is 4.30.